The predicted octanol–water partition coefficient (Wildman–Crippen LogP) is 16.7. The Morgan fingerprint density at radius 2 is 1.27 bits per heavy atom. The Morgan fingerprint density at radius 3 is 2.08 bits per heavy atom. The number of nitrogens with zero attached hydrogens (tertiary/aromatic N) is 1. The van der Waals surface area contributed by atoms with Gasteiger partial charge in [0.25, 0.3) is 0 Å². The van der Waals surface area contributed by atoms with E-state index in [1.165, 1.54) is 100 Å². The second-order valence-corrected chi connectivity index (χ2v) is 17.4. The van der Waals surface area contributed by atoms with Crippen molar-refractivity contribution >= 4 is 34.1 Å². The molecule has 12 rings (SSSR count). The predicted molar refractivity (Wildman–Crippen MR) is 260 cm³/mol. The molecule has 298 valence electrons. The van der Waals surface area contributed by atoms with Crippen LogP contribution in [0.1, 0.15) is 71.2 Å². The molecular formula is C60H47NO. The van der Waals surface area contributed by atoms with Crippen LogP contribution >= 0.6 is 0 Å². The number of rotatable bonds is 8. The maximum absolute atomic E-state index is 6.40. The minimum Gasteiger partial charge on any atom is -0.460 e. The van der Waals surface area contributed by atoms with Gasteiger partial charge in [-0.25, -0.2) is 0 Å². The third kappa shape index (κ3) is 5.85. The molecule has 1 atom stereocenters. The average Bonchev–Trinajstić information content (AvgIpc) is 4.00. The first-order chi connectivity index (χ1) is 30.6. The second kappa shape index (κ2) is 14.8. The van der Waals surface area contributed by atoms with E-state index in [1.807, 2.05) is 0 Å². The van der Waals surface area contributed by atoms with E-state index < -0.39 is 0 Å². The topological polar surface area (TPSA) is 16.4 Å². The molecule has 0 radical (unpaired) electrons. The molecule has 2 heteroatoms. The SMILES string of the molecule is CCC[C@H]1c2ccccc2-c2c(N(c3ccc(-c4ccc5c(c4)-c4ccccc4C5)cc3)c3ccc(-c4cccc5oc6c(c45)C=CCC6)cc3)ccc(-c3ccccc3C)c21. The van der Waals surface area contributed by atoms with Gasteiger partial charge in [-0.3, -0.25) is 0 Å². The zero-order valence-corrected chi connectivity index (χ0v) is 35.3. The molecule has 8 aromatic carbocycles. The number of fused-ring (bicyclic) bond motifs is 9. The van der Waals surface area contributed by atoms with Crippen LogP contribution in [-0.4, -0.2) is 0 Å². The van der Waals surface area contributed by atoms with E-state index in [0.717, 1.165) is 54.8 Å². The fraction of sp³-hybridized carbons (Fsp3) is 0.133. The molecule has 3 aliphatic carbocycles. The van der Waals surface area contributed by atoms with Crippen LogP contribution in [0.2, 0.25) is 0 Å². The van der Waals surface area contributed by atoms with Crippen LogP contribution in [0, 0.1) is 6.92 Å². The maximum atomic E-state index is 6.40. The van der Waals surface area contributed by atoms with Crippen LogP contribution in [-0.2, 0) is 12.8 Å². The molecule has 0 spiro atoms. The van der Waals surface area contributed by atoms with Gasteiger partial charge in [0.15, 0.2) is 0 Å². The lowest BCUT2D eigenvalue weighted by atomic mass is 9.85. The van der Waals surface area contributed by atoms with Gasteiger partial charge < -0.3 is 9.32 Å². The van der Waals surface area contributed by atoms with Crippen molar-refractivity contribution in [2.24, 2.45) is 0 Å². The summed E-state index contributed by atoms with van der Waals surface area (Å²) in [7, 11) is 0. The van der Waals surface area contributed by atoms with Crippen molar-refractivity contribution in [1.29, 1.82) is 0 Å². The molecule has 0 N–H and O–H groups in total. The highest BCUT2D eigenvalue weighted by atomic mass is 16.3. The van der Waals surface area contributed by atoms with Crippen molar-refractivity contribution < 1.29 is 4.42 Å². The Morgan fingerprint density at radius 1 is 0.581 bits per heavy atom. The van der Waals surface area contributed by atoms with Crippen molar-refractivity contribution in [3.05, 3.63) is 215 Å². The minimum atomic E-state index is 0.313. The van der Waals surface area contributed by atoms with Crippen LogP contribution in [0.25, 0.3) is 72.7 Å². The summed E-state index contributed by atoms with van der Waals surface area (Å²) in [5.41, 5.74) is 25.5. The van der Waals surface area contributed by atoms with Crippen LogP contribution in [0.3, 0.4) is 0 Å². The van der Waals surface area contributed by atoms with E-state index in [9.17, 15) is 0 Å². The first kappa shape index (κ1) is 36.7. The zero-order chi connectivity index (χ0) is 41.3. The monoisotopic (exact) mass is 797 g/mol. The summed E-state index contributed by atoms with van der Waals surface area (Å²) in [5, 5.41) is 1.21. The van der Waals surface area contributed by atoms with Gasteiger partial charge in [-0.2, -0.15) is 0 Å². The van der Waals surface area contributed by atoms with Gasteiger partial charge in [0.1, 0.15) is 11.3 Å². The van der Waals surface area contributed by atoms with Crippen LogP contribution in [0.5, 0.6) is 0 Å². The Kier molecular flexibility index (Phi) is 8.74. The maximum Gasteiger partial charge on any atom is 0.135 e. The summed E-state index contributed by atoms with van der Waals surface area (Å²) in [6.45, 7) is 4.57. The molecule has 1 heterocycles. The Balaban J connectivity index is 1.03. The lowest BCUT2D eigenvalue weighted by Gasteiger charge is -2.29. The van der Waals surface area contributed by atoms with Gasteiger partial charge in [0.05, 0.1) is 5.69 Å². The van der Waals surface area contributed by atoms with Crippen LogP contribution < -0.4 is 4.90 Å². The normalized spacial score (nSPS) is 14.3. The molecule has 0 saturated heterocycles. The Bertz CT molecular complexity index is 3230. The van der Waals surface area contributed by atoms with Gasteiger partial charge in [-0.15, -0.1) is 0 Å². The molecule has 0 saturated carbocycles. The van der Waals surface area contributed by atoms with E-state index in [-0.39, 0.29) is 0 Å². The summed E-state index contributed by atoms with van der Waals surface area (Å²) >= 11 is 0. The Labute approximate surface area is 364 Å². The molecule has 0 amide bonds. The van der Waals surface area contributed by atoms with E-state index in [2.05, 4.69) is 201 Å². The highest BCUT2D eigenvalue weighted by molar-refractivity contribution is 6.02. The first-order valence-electron chi connectivity index (χ1n) is 22.4. The molecule has 2 nitrogen and oxygen atoms in total. The smallest absolute Gasteiger partial charge is 0.135 e. The van der Waals surface area contributed by atoms with Crippen molar-refractivity contribution in [3.8, 4) is 55.6 Å². The molecule has 0 unspecified atom stereocenters. The highest BCUT2D eigenvalue weighted by Gasteiger charge is 2.35. The van der Waals surface area contributed by atoms with E-state index >= 15 is 0 Å². The lowest BCUT2D eigenvalue weighted by Crippen LogP contribution is -2.12. The van der Waals surface area contributed by atoms with Gasteiger partial charge in [-0.05, 0) is 147 Å². The van der Waals surface area contributed by atoms with Gasteiger partial charge in [0.2, 0.25) is 0 Å². The average molecular weight is 798 g/mol. The standard InChI is InChI=1S/C60H47NO/c1-3-13-50-49-18-8-9-19-51(49)60-55(35-34-52(59(50)60)46-16-6-4-14-38(46)2)61(44-30-26-39(27-31-44)41-24-25-43-36-42-15-5-7-17-47(42)54(43)37-41)45-32-28-40(29-33-45)48-21-12-23-57-58(48)53-20-10-11-22-56(53)62-57/h4-10,12,14-21,23-35,37,50H,3,11,13,22,36H2,1-2H3/t50-/m0/s1. The summed E-state index contributed by atoms with van der Waals surface area (Å²) in [5.74, 6) is 1.41. The number of allylic oxidation sites excluding steroid dienone is 1. The zero-order valence-electron chi connectivity index (χ0n) is 35.3. The van der Waals surface area contributed by atoms with Gasteiger partial charge in [-0.1, -0.05) is 153 Å². The third-order valence-corrected chi connectivity index (χ3v) is 13.8. The number of hydrogen-bond donors (Lipinski definition) is 0. The number of furan rings is 1. The summed E-state index contributed by atoms with van der Waals surface area (Å²) in [6.07, 6.45) is 9.70. The van der Waals surface area contributed by atoms with E-state index in [1.54, 1.807) is 0 Å². The largest absolute Gasteiger partial charge is 0.460 e. The Hall–Kier alpha value is -7.16. The van der Waals surface area contributed by atoms with E-state index in [4.69, 9.17) is 4.42 Å². The lowest BCUT2D eigenvalue weighted by molar-refractivity contribution is 0.546. The number of aryl methyl sites for hydroxylation is 2. The van der Waals surface area contributed by atoms with Gasteiger partial charge >= 0.3 is 0 Å². The molecule has 0 fully saturated rings. The molecule has 0 bridgehead atoms. The van der Waals surface area contributed by atoms with Crippen LogP contribution in [0.15, 0.2) is 180 Å². The summed E-state index contributed by atoms with van der Waals surface area (Å²) in [6, 6.07) is 63.7. The third-order valence-electron chi connectivity index (χ3n) is 13.8. The fourth-order valence-corrected chi connectivity index (χ4v) is 10.9. The fourth-order valence-electron chi connectivity index (χ4n) is 10.9. The summed E-state index contributed by atoms with van der Waals surface area (Å²) in [4.78, 5) is 2.50. The van der Waals surface area contributed by atoms with Crippen LogP contribution in [0.4, 0.5) is 17.1 Å². The molecule has 3 aliphatic rings. The number of hydrogen-bond acceptors (Lipinski definition) is 2. The van der Waals surface area contributed by atoms with Crippen molar-refractivity contribution in [1.82, 2.24) is 0 Å². The number of benzene rings is 8. The van der Waals surface area contributed by atoms with Crippen molar-refractivity contribution in [2.75, 3.05) is 4.90 Å². The minimum absolute atomic E-state index is 0.313. The molecule has 9 aromatic rings. The molecule has 1 aromatic heterocycles. The molecular weight excluding hydrogens is 751 g/mol. The quantitative estimate of drug-likeness (QED) is 0.152. The molecule has 0 aliphatic heterocycles. The van der Waals surface area contributed by atoms with Crippen molar-refractivity contribution in [2.45, 2.75) is 51.9 Å². The van der Waals surface area contributed by atoms with Gasteiger partial charge in [0, 0.05) is 40.2 Å². The summed E-state index contributed by atoms with van der Waals surface area (Å²) < 4.78 is 6.40. The second-order valence-electron chi connectivity index (χ2n) is 17.4. The van der Waals surface area contributed by atoms with Crippen molar-refractivity contribution in [3.63, 3.8) is 0 Å². The van der Waals surface area contributed by atoms with E-state index in [0.29, 0.717) is 5.92 Å². The number of anilines is 3. The highest BCUT2D eigenvalue weighted by Crippen LogP contribution is 2.56. The molecule has 62 heavy (non-hydrogen) atoms. The first-order valence-corrected chi connectivity index (χ1v) is 22.4.